The molecule has 186 valence electrons. The summed E-state index contributed by atoms with van der Waals surface area (Å²) in [5.74, 6) is 2.30. The van der Waals surface area contributed by atoms with Gasteiger partial charge < -0.3 is 14.6 Å². The number of carbonyl (C=O) groups excluding carboxylic acids is 1. The molecule has 0 radical (unpaired) electrons. The van der Waals surface area contributed by atoms with Crippen molar-refractivity contribution in [3.8, 4) is 0 Å². The van der Waals surface area contributed by atoms with Gasteiger partial charge in [-0.15, -0.1) is 0 Å². The number of sulfonamides is 1. The van der Waals surface area contributed by atoms with Crippen molar-refractivity contribution in [3.05, 3.63) is 54.0 Å². The second kappa shape index (κ2) is 9.99. The number of aryl methyl sites for hydroxylation is 1. The average molecular weight is 497 g/mol. The van der Waals surface area contributed by atoms with Gasteiger partial charge in [0.15, 0.2) is 0 Å². The van der Waals surface area contributed by atoms with Gasteiger partial charge in [0.1, 0.15) is 17.3 Å². The first-order chi connectivity index (χ1) is 16.9. The second-order valence-electron chi connectivity index (χ2n) is 9.50. The van der Waals surface area contributed by atoms with Crippen molar-refractivity contribution in [2.24, 2.45) is 5.92 Å². The first-order valence-electron chi connectivity index (χ1n) is 12.4. The van der Waals surface area contributed by atoms with Gasteiger partial charge >= 0.3 is 0 Å². The minimum Gasteiger partial charge on any atom is -0.465 e. The highest BCUT2D eigenvalue weighted by Gasteiger charge is 2.28. The fourth-order valence-electron chi connectivity index (χ4n) is 4.98. The molecule has 4 heterocycles. The summed E-state index contributed by atoms with van der Waals surface area (Å²) in [5.41, 5.74) is 0.750. The highest BCUT2D eigenvalue weighted by atomic mass is 32.2. The van der Waals surface area contributed by atoms with Crippen LogP contribution in [0.2, 0.25) is 0 Å². The minimum absolute atomic E-state index is 0.0251. The predicted octanol–water partition coefficient (Wildman–Crippen LogP) is 3.84. The molecule has 1 atom stereocenters. The van der Waals surface area contributed by atoms with Crippen molar-refractivity contribution in [2.75, 3.05) is 31.1 Å². The molecule has 0 saturated carbocycles. The van der Waals surface area contributed by atoms with Gasteiger partial charge in [0, 0.05) is 31.6 Å². The molecule has 2 fully saturated rings. The molecular weight excluding hydrogens is 464 g/mol. The third kappa shape index (κ3) is 5.21. The van der Waals surface area contributed by atoms with Crippen molar-refractivity contribution in [2.45, 2.75) is 50.5 Å². The van der Waals surface area contributed by atoms with Crippen LogP contribution in [0, 0.1) is 12.8 Å². The predicted molar refractivity (Wildman–Crippen MR) is 135 cm³/mol. The molecule has 1 N–H and O–H groups in total. The number of carbonyl (C=O) groups is 1. The Kier molecular flexibility index (Phi) is 6.80. The number of anilines is 1. The third-order valence-electron chi connectivity index (χ3n) is 6.95. The summed E-state index contributed by atoms with van der Waals surface area (Å²) in [6.07, 6.45) is 4.65. The molecule has 8 nitrogen and oxygen atoms in total. The van der Waals surface area contributed by atoms with E-state index in [-0.39, 0.29) is 11.8 Å². The van der Waals surface area contributed by atoms with Gasteiger partial charge in [-0.3, -0.25) is 4.79 Å². The Bertz CT molecular complexity index is 1310. The maximum Gasteiger partial charge on any atom is 0.243 e. The highest BCUT2D eigenvalue weighted by Crippen LogP contribution is 2.27. The topological polar surface area (TPSA) is 95.8 Å². The maximum absolute atomic E-state index is 13.0. The van der Waals surface area contributed by atoms with E-state index in [2.05, 4.69) is 10.2 Å². The molecule has 2 aromatic heterocycles. The highest BCUT2D eigenvalue weighted by molar-refractivity contribution is 7.89. The number of fused-ring (bicyclic) bond motifs is 1. The van der Waals surface area contributed by atoms with Crippen molar-refractivity contribution in [3.63, 3.8) is 0 Å². The van der Waals surface area contributed by atoms with E-state index in [0.717, 1.165) is 66.9 Å². The Balaban J connectivity index is 1.27. The lowest BCUT2D eigenvalue weighted by Crippen LogP contribution is -2.43. The smallest absolute Gasteiger partial charge is 0.243 e. The lowest BCUT2D eigenvalue weighted by Gasteiger charge is -2.33. The van der Waals surface area contributed by atoms with Crippen molar-refractivity contribution in [1.29, 1.82) is 0 Å². The fraction of sp³-hybridized carbons (Fsp3) is 0.462. The zero-order chi connectivity index (χ0) is 24.4. The van der Waals surface area contributed by atoms with Crippen LogP contribution < -0.4 is 10.2 Å². The number of furan rings is 1. The van der Waals surface area contributed by atoms with Crippen LogP contribution in [0.1, 0.15) is 43.6 Å². The number of piperidine rings is 2. The van der Waals surface area contributed by atoms with Crippen LogP contribution in [-0.2, 0) is 21.4 Å². The number of hydrogen-bond donors (Lipinski definition) is 1. The summed E-state index contributed by atoms with van der Waals surface area (Å²) in [5, 5.41) is 3.79. The third-order valence-corrected chi connectivity index (χ3v) is 8.84. The van der Waals surface area contributed by atoms with Gasteiger partial charge in [-0.2, -0.15) is 4.31 Å². The standard InChI is InChI=1S/C26H32N4O4S/c1-19-7-9-22(34-19)17-27-26(31)21-6-5-13-29(18-21)25-12-8-20-16-23(10-11-24(20)28-25)35(32,33)30-14-3-2-4-15-30/h7-12,16,21H,2-6,13-15,17-18H2,1H3,(H,27,31)/t21-/m1/s1. The first-order valence-corrected chi connectivity index (χ1v) is 13.8. The summed E-state index contributed by atoms with van der Waals surface area (Å²) in [6.45, 7) is 4.88. The molecule has 0 bridgehead atoms. The van der Waals surface area contributed by atoms with Crippen molar-refractivity contribution < 1.29 is 17.6 Å². The van der Waals surface area contributed by atoms with Crippen LogP contribution in [0.25, 0.3) is 10.9 Å². The lowest BCUT2D eigenvalue weighted by atomic mass is 9.97. The molecular formula is C26H32N4O4S. The van der Waals surface area contributed by atoms with E-state index >= 15 is 0 Å². The van der Waals surface area contributed by atoms with Crippen molar-refractivity contribution >= 4 is 32.7 Å². The number of nitrogens with zero attached hydrogens (tertiary/aromatic N) is 3. The van der Waals surface area contributed by atoms with Crippen LogP contribution in [0.15, 0.2) is 51.8 Å². The number of amides is 1. The first kappa shape index (κ1) is 23.8. The number of rotatable bonds is 6. The largest absolute Gasteiger partial charge is 0.465 e. The van der Waals surface area contributed by atoms with Crippen LogP contribution >= 0.6 is 0 Å². The summed E-state index contributed by atoms with van der Waals surface area (Å²) in [7, 11) is -3.48. The Hall–Kier alpha value is -2.91. The van der Waals surface area contributed by atoms with E-state index in [9.17, 15) is 13.2 Å². The second-order valence-corrected chi connectivity index (χ2v) is 11.4. The maximum atomic E-state index is 13.0. The van der Waals surface area contributed by atoms with Crippen LogP contribution in [0.5, 0.6) is 0 Å². The van der Waals surface area contributed by atoms with E-state index in [1.165, 1.54) is 0 Å². The molecule has 2 aliphatic heterocycles. The van der Waals surface area contributed by atoms with Gasteiger partial charge in [-0.25, -0.2) is 13.4 Å². The molecule has 9 heteroatoms. The van der Waals surface area contributed by atoms with Gasteiger partial charge in [0.2, 0.25) is 15.9 Å². The Morgan fingerprint density at radius 1 is 1.06 bits per heavy atom. The van der Waals surface area contributed by atoms with E-state index in [0.29, 0.717) is 31.1 Å². The molecule has 1 amide bonds. The molecule has 35 heavy (non-hydrogen) atoms. The van der Waals surface area contributed by atoms with Gasteiger partial charge in [-0.1, -0.05) is 6.42 Å². The Morgan fingerprint density at radius 2 is 1.89 bits per heavy atom. The SMILES string of the molecule is Cc1ccc(CNC(=O)[C@@H]2CCCN(c3ccc4cc(S(=O)(=O)N5CCCCC5)ccc4n3)C2)o1. The van der Waals surface area contributed by atoms with E-state index in [1.807, 2.05) is 31.2 Å². The molecule has 0 spiro atoms. The van der Waals surface area contributed by atoms with E-state index in [1.54, 1.807) is 22.5 Å². The van der Waals surface area contributed by atoms with E-state index < -0.39 is 10.0 Å². The zero-order valence-corrected chi connectivity index (χ0v) is 20.9. The molecule has 2 aliphatic rings. The van der Waals surface area contributed by atoms with Crippen molar-refractivity contribution in [1.82, 2.24) is 14.6 Å². The number of hydrogen-bond acceptors (Lipinski definition) is 6. The molecule has 0 aliphatic carbocycles. The lowest BCUT2D eigenvalue weighted by molar-refractivity contribution is -0.125. The number of aromatic nitrogens is 1. The summed E-state index contributed by atoms with van der Waals surface area (Å²) >= 11 is 0. The number of benzene rings is 1. The number of nitrogens with one attached hydrogen (secondary N) is 1. The molecule has 1 aromatic carbocycles. The molecule has 0 unspecified atom stereocenters. The average Bonchev–Trinajstić information content (AvgIpc) is 3.32. The molecule has 3 aromatic rings. The van der Waals surface area contributed by atoms with Crippen LogP contribution in [-0.4, -0.2) is 49.8 Å². The fourth-order valence-corrected chi connectivity index (χ4v) is 6.53. The van der Waals surface area contributed by atoms with Crippen LogP contribution in [0.3, 0.4) is 0 Å². The van der Waals surface area contributed by atoms with Crippen LogP contribution in [0.4, 0.5) is 5.82 Å². The summed E-state index contributed by atoms with van der Waals surface area (Å²) in [6, 6.07) is 12.8. The van der Waals surface area contributed by atoms with Gasteiger partial charge in [-0.05, 0) is 75.1 Å². The summed E-state index contributed by atoms with van der Waals surface area (Å²) < 4.78 is 33.2. The summed E-state index contributed by atoms with van der Waals surface area (Å²) in [4.78, 5) is 20.0. The Morgan fingerprint density at radius 3 is 2.66 bits per heavy atom. The zero-order valence-electron chi connectivity index (χ0n) is 20.1. The monoisotopic (exact) mass is 496 g/mol. The quantitative estimate of drug-likeness (QED) is 0.557. The number of pyridine rings is 1. The van der Waals surface area contributed by atoms with Gasteiger partial charge in [0.05, 0.1) is 22.9 Å². The molecule has 2 saturated heterocycles. The minimum atomic E-state index is -3.48. The normalized spacial score (nSPS) is 19.7. The Labute approximate surface area is 206 Å². The van der Waals surface area contributed by atoms with Gasteiger partial charge in [0.25, 0.3) is 0 Å². The molecule has 5 rings (SSSR count). The van der Waals surface area contributed by atoms with E-state index in [4.69, 9.17) is 9.40 Å².